The van der Waals surface area contributed by atoms with Crippen molar-refractivity contribution in [3.8, 4) is 0 Å². The Morgan fingerprint density at radius 1 is 1.62 bits per heavy atom. The van der Waals surface area contributed by atoms with Gasteiger partial charge in [-0.2, -0.15) is 0 Å². The fourth-order valence-electron chi connectivity index (χ4n) is 0.367. The standard InChI is InChI=1S/C6H14NO/c1-6(2)4-5-8-7-3/h6-7H,3-5H2,1-2H3. The van der Waals surface area contributed by atoms with Crippen LogP contribution in [0.1, 0.15) is 20.3 Å². The zero-order valence-electron chi connectivity index (χ0n) is 5.61. The molecule has 8 heavy (non-hydrogen) atoms. The molecule has 0 aliphatic rings. The Labute approximate surface area is 51.2 Å². The van der Waals surface area contributed by atoms with E-state index in [9.17, 15) is 0 Å². The fourth-order valence-corrected chi connectivity index (χ4v) is 0.367. The van der Waals surface area contributed by atoms with Gasteiger partial charge < -0.3 is 4.84 Å². The first-order valence-corrected chi connectivity index (χ1v) is 2.91. The van der Waals surface area contributed by atoms with Crippen LogP contribution in [0.3, 0.4) is 0 Å². The molecule has 0 rings (SSSR count). The quantitative estimate of drug-likeness (QED) is 0.442. The summed E-state index contributed by atoms with van der Waals surface area (Å²) >= 11 is 0. The lowest BCUT2D eigenvalue weighted by atomic mass is 10.1. The van der Waals surface area contributed by atoms with E-state index in [0.717, 1.165) is 13.0 Å². The van der Waals surface area contributed by atoms with E-state index in [1.807, 2.05) is 0 Å². The summed E-state index contributed by atoms with van der Waals surface area (Å²) in [6.07, 6.45) is 1.09. The molecule has 0 aliphatic carbocycles. The summed E-state index contributed by atoms with van der Waals surface area (Å²) in [5.41, 5.74) is 2.37. The van der Waals surface area contributed by atoms with E-state index in [-0.39, 0.29) is 0 Å². The second-order valence-corrected chi connectivity index (χ2v) is 2.18. The van der Waals surface area contributed by atoms with E-state index in [1.165, 1.54) is 0 Å². The van der Waals surface area contributed by atoms with Gasteiger partial charge in [-0.15, -0.1) is 0 Å². The van der Waals surface area contributed by atoms with E-state index in [4.69, 9.17) is 4.84 Å². The van der Waals surface area contributed by atoms with Gasteiger partial charge in [0.1, 0.15) is 0 Å². The molecule has 0 aliphatic heterocycles. The molecule has 49 valence electrons. The molecule has 2 heteroatoms. The van der Waals surface area contributed by atoms with Crippen molar-refractivity contribution in [3.05, 3.63) is 7.05 Å². The minimum absolute atomic E-state index is 0.711. The van der Waals surface area contributed by atoms with Crippen LogP contribution in [-0.4, -0.2) is 6.61 Å². The van der Waals surface area contributed by atoms with Gasteiger partial charge in [0.2, 0.25) is 0 Å². The Hall–Kier alpha value is -0.0800. The van der Waals surface area contributed by atoms with Gasteiger partial charge in [-0.05, 0) is 12.3 Å². The average Bonchev–Trinajstić information content (AvgIpc) is 1.66. The molecule has 0 atom stereocenters. The first-order valence-electron chi connectivity index (χ1n) is 2.91. The van der Waals surface area contributed by atoms with Crippen LogP contribution >= 0.6 is 0 Å². The lowest BCUT2D eigenvalue weighted by Crippen LogP contribution is -2.07. The molecule has 0 aromatic heterocycles. The highest BCUT2D eigenvalue weighted by molar-refractivity contribution is 4.40. The number of nitrogens with one attached hydrogen (secondary N) is 1. The zero-order chi connectivity index (χ0) is 6.41. The Bertz CT molecular complexity index is 45.8. The zero-order valence-corrected chi connectivity index (χ0v) is 5.61. The third-order valence-electron chi connectivity index (χ3n) is 0.899. The molecule has 0 heterocycles. The minimum atomic E-state index is 0.711. The molecule has 0 unspecified atom stereocenters. The van der Waals surface area contributed by atoms with Crippen molar-refractivity contribution >= 4 is 0 Å². The molecule has 0 amide bonds. The maximum atomic E-state index is 4.78. The molecular weight excluding hydrogens is 102 g/mol. The monoisotopic (exact) mass is 116 g/mol. The SMILES string of the molecule is [CH2]NOCCC(C)C. The molecule has 2 nitrogen and oxygen atoms in total. The molecule has 0 saturated heterocycles. The van der Waals surface area contributed by atoms with Crippen molar-refractivity contribution in [2.75, 3.05) is 6.61 Å². The normalized spacial score (nSPS) is 10.5. The predicted molar refractivity (Wildman–Crippen MR) is 33.9 cm³/mol. The Morgan fingerprint density at radius 3 is 2.62 bits per heavy atom. The molecule has 1 radical (unpaired) electrons. The molecule has 0 aromatic rings. The van der Waals surface area contributed by atoms with Gasteiger partial charge >= 0.3 is 0 Å². The van der Waals surface area contributed by atoms with Crippen molar-refractivity contribution in [2.45, 2.75) is 20.3 Å². The van der Waals surface area contributed by atoms with Crippen LogP contribution in [0.25, 0.3) is 0 Å². The fraction of sp³-hybridized carbons (Fsp3) is 0.833. The van der Waals surface area contributed by atoms with E-state index in [1.54, 1.807) is 0 Å². The number of hydrogen-bond acceptors (Lipinski definition) is 2. The van der Waals surface area contributed by atoms with Crippen LogP contribution in [0, 0.1) is 13.0 Å². The Kier molecular flexibility index (Phi) is 5.01. The predicted octanol–water partition coefficient (Wildman–Crippen LogP) is 1.35. The van der Waals surface area contributed by atoms with Crippen LogP contribution in [0.5, 0.6) is 0 Å². The van der Waals surface area contributed by atoms with E-state index in [0.29, 0.717) is 5.92 Å². The maximum absolute atomic E-state index is 4.78. The topological polar surface area (TPSA) is 21.3 Å². The molecular formula is C6H14NO. The number of hydrogen-bond donors (Lipinski definition) is 1. The first kappa shape index (κ1) is 7.92. The first-order chi connectivity index (χ1) is 3.77. The van der Waals surface area contributed by atoms with Crippen molar-refractivity contribution in [1.82, 2.24) is 5.48 Å². The Morgan fingerprint density at radius 2 is 2.25 bits per heavy atom. The van der Waals surface area contributed by atoms with Gasteiger partial charge in [-0.25, -0.2) is 5.48 Å². The van der Waals surface area contributed by atoms with Crippen molar-refractivity contribution in [3.63, 3.8) is 0 Å². The molecule has 0 fully saturated rings. The van der Waals surface area contributed by atoms with Gasteiger partial charge in [0.25, 0.3) is 0 Å². The molecule has 0 aromatic carbocycles. The lowest BCUT2D eigenvalue weighted by Gasteiger charge is -2.02. The Balaban J connectivity index is 2.72. The summed E-state index contributed by atoms with van der Waals surface area (Å²) in [7, 11) is 3.31. The summed E-state index contributed by atoms with van der Waals surface area (Å²) in [6, 6.07) is 0. The summed E-state index contributed by atoms with van der Waals surface area (Å²) < 4.78 is 0. The average molecular weight is 116 g/mol. The van der Waals surface area contributed by atoms with Gasteiger partial charge in [-0.3, -0.25) is 0 Å². The summed E-state index contributed by atoms with van der Waals surface area (Å²) in [5, 5.41) is 0. The van der Waals surface area contributed by atoms with Gasteiger partial charge in [-0.1, -0.05) is 13.8 Å². The van der Waals surface area contributed by atoms with Gasteiger partial charge in [0.15, 0.2) is 0 Å². The van der Waals surface area contributed by atoms with E-state index >= 15 is 0 Å². The van der Waals surface area contributed by atoms with Crippen LogP contribution in [0.4, 0.5) is 0 Å². The third-order valence-corrected chi connectivity index (χ3v) is 0.899. The van der Waals surface area contributed by atoms with Crippen LogP contribution in [0.15, 0.2) is 0 Å². The van der Waals surface area contributed by atoms with E-state index in [2.05, 4.69) is 26.4 Å². The third kappa shape index (κ3) is 5.92. The molecule has 0 bridgehead atoms. The van der Waals surface area contributed by atoms with Gasteiger partial charge in [0, 0.05) is 7.05 Å². The largest absolute Gasteiger partial charge is 0.302 e. The lowest BCUT2D eigenvalue weighted by molar-refractivity contribution is 0.0614. The smallest absolute Gasteiger partial charge is 0.0684 e. The van der Waals surface area contributed by atoms with Gasteiger partial charge in [0.05, 0.1) is 6.61 Å². The summed E-state index contributed by atoms with van der Waals surface area (Å²) in [4.78, 5) is 4.78. The molecule has 0 spiro atoms. The second kappa shape index (κ2) is 5.06. The van der Waals surface area contributed by atoms with E-state index < -0.39 is 0 Å². The van der Waals surface area contributed by atoms with Crippen LogP contribution < -0.4 is 5.48 Å². The summed E-state index contributed by atoms with van der Waals surface area (Å²) in [5.74, 6) is 0.711. The highest BCUT2D eigenvalue weighted by Crippen LogP contribution is 1.96. The molecule has 0 saturated carbocycles. The highest BCUT2D eigenvalue weighted by Gasteiger charge is 1.90. The minimum Gasteiger partial charge on any atom is -0.302 e. The number of rotatable bonds is 4. The number of hydroxylamine groups is 1. The van der Waals surface area contributed by atoms with Crippen molar-refractivity contribution in [1.29, 1.82) is 0 Å². The summed E-state index contributed by atoms with van der Waals surface area (Å²) in [6.45, 7) is 5.07. The van der Waals surface area contributed by atoms with Crippen molar-refractivity contribution in [2.24, 2.45) is 5.92 Å². The van der Waals surface area contributed by atoms with Crippen molar-refractivity contribution < 1.29 is 4.84 Å². The maximum Gasteiger partial charge on any atom is 0.0684 e. The van der Waals surface area contributed by atoms with Crippen LogP contribution in [-0.2, 0) is 4.84 Å². The second-order valence-electron chi connectivity index (χ2n) is 2.18. The van der Waals surface area contributed by atoms with Crippen LogP contribution in [0.2, 0.25) is 0 Å². The molecule has 1 N–H and O–H groups in total. The highest BCUT2D eigenvalue weighted by atomic mass is 16.6.